The zero-order chi connectivity index (χ0) is 11.1. The molecule has 0 saturated heterocycles. The highest BCUT2D eigenvalue weighted by atomic mass is 14.9. The molecule has 0 saturated carbocycles. The molecule has 2 heteroatoms. The Morgan fingerprint density at radius 1 is 1.53 bits per heavy atom. The summed E-state index contributed by atoms with van der Waals surface area (Å²) in [6.07, 6.45) is 11.3. The number of rotatable bonds is 5. The van der Waals surface area contributed by atoms with E-state index >= 15 is 0 Å². The first-order valence-corrected chi connectivity index (χ1v) is 5.45. The van der Waals surface area contributed by atoms with Gasteiger partial charge >= 0.3 is 0 Å². The van der Waals surface area contributed by atoms with Crippen LogP contribution in [0.5, 0.6) is 0 Å². The van der Waals surface area contributed by atoms with Gasteiger partial charge < -0.3 is 0 Å². The van der Waals surface area contributed by atoms with E-state index in [0.29, 0.717) is 0 Å². The second kappa shape index (κ2) is 6.21. The highest BCUT2D eigenvalue weighted by Gasteiger charge is 2.10. The van der Waals surface area contributed by atoms with Crippen molar-refractivity contribution in [1.29, 1.82) is 0 Å². The highest BCUT2D eigenvalue weighted by molar-refractivity contribution is 5.31. The molecule has 0 bridgehead atoms. The first kappa shape index (κ1) is 11.7. The van der Waals surface area contributed by atoms with E-state index in [9.17, 15) is 0 Å². The zero-order valence-corrected chi connectivity index (χ0v) is 9.46. The van der Waals surface area contributed by atoms with Crippen LogP contribution in [0.1, 0.15) is 37.4 Å². The lowest BCUT2D eigenvalue weighted by Gasteiger charge is -2.15. The van der Waals surface area contributed by atoms with E-state index in [1.54, 1.807) is 6.20 Å². The maximum absolute atomic E-state index is 5.54. The van der Waals surface area contributed by atoms with E-state index < -0.39 is 0 Å². The maximum Gasteiger partial charge on any atom is 0.0946 e. The minimum Gasteiger partial charge on any atom is -0.300 e. The Labute approximate surface area is 92.1 Å². The molecule has 0 aliphatic carbocycles. The van der Waals surface area contributed by atoms with Crippen LogP contribution < -0.4 is 5.32 Å². The van der Waals surface area contributed by atoms with Crippen molar-refractivity contribution in [2.45, 2.75) is 32.7 Å². The van der Waals surface area contributed by atoms with Gasteiger partial charge in [-0.05, 0) is 36.6 Å². The molecule has 0 aliphatic rings. The van der Waals surface area contributed by atoms with Crippen molar-refractivity contribution in [3.05, 3.63) is 29.6 Å². The Balaban J connectivity index is 2.86. The molecule has 2 nitrogen and oxygen atoms in total. The number of pyridine rings is 1. The van der Waals surface area contributed by atoms with Crippen LogP contribution in [-0.4, -0.2) is 11.5 Å². The van der Waals surface area contributed by atoms with Crippen LogP contribution in [0.3, 0.4) is 0 Å². The predicted molar refractivity (Wildman–Crippen MR) is 63.5 cm³/mol. The number of nitrogens with zero attached hydrogens (tertiary/aromatic N) is 1. The minimum absolute atomic E-state index is 0.0166. The van der Waals surface area contributed by atoms with Crippen LogP contribution in [0.2, 0.25) is 0 Å². The van der Waals surface area contributed by atoms with Gasteiger partial charge in [0.25, 0.3) is 0 Å². The molecule has 1 aromatic heterocycles. The lowest BCUT2D eigenvalue weighted by atomic mass is 10.0. The minimum atomic E-state index is 0.0166. The van der Waals surface area contributed by atoms with Crippen molar-refractivity contribution in [3.63, 3.8) is 0 Å². The lowest BCUT2D eigenvalue weighted by molar-refractivity contribution is 0.621. The number of hydrogen-bond acceptors (Lipinski definition) is 2. The molecule has 1 unspecified atom stereocenters. The standard InChI is InChI=1S/C13H18N2/c1-4-8-15-13(6-3)12-7-9-14-10-11(12)5-2/h3,7,9-10,13,15H,4-5,8H2,1-2H3. The molecule has 0 radical (unpaired) electrons. The summed E-state index contributed by atoms with van der Waals surface area (Å²) >= 11 is 0. The summed E-state index contributed by atoms with van der Waals surface area (Å²) in [5.74, 6) is 2.79. The molecule has 0 amide bonds. The van der Waals surface area contributed by atoms with Gasteiger partial charge in [-0.25, -0.2) is 0 Å². The van der Waals surface area contributed by atoms with Crippen LogP contribution in [0, 0.1) is 12.3 Å². The molecular formula is C13H18N2. The van der Waals surface area contributed by atoms with Gasteiger partial charge in [-0.1, -0.05) is 19.8 Å². The van der Waals surface area contributed by atoms with Crippen LogP contribution >= 0.6 is 0 Å². The first-order chi connectivity index (χ1) is 7.33. The van der Waals surface area contributed by atoms with Crippen molar-refractivity contribution >= 4 is 0 Å². The fourth-order valence-electron chi connectivity index (χ4n) is 1.56. The van der Waals surface area contributed by atoms with Crippen LogP contribution in [0.25, 0.3) is 0 Å². The smallest absolute Gasteiger partial charge is 0.0946 e. The second-order valence-electron chi connectivity index (χ2n) is 3.48. The van der Waals surface area contributed by atoms with Gasteiger partial charge in [0, 0.05) is 12.4 Å². The third-order valence-electron chi connectivity index (χ3n) is 2.40. The van der Waals surface area contributed by atoms with E-state index in [1.165, 1.54) is 11.1 Å². The van der Waals surface area contributed by atoms with E-state index in [1.807, 2.05) is 12.3 Å². The molecule has 1 atom stereocenters. The van der Waals surface area contributed by atoms with Crippen molar-refractivity contribution < 1.29 is 0 Å². The summed E-state index contributed by atoms with van der Waals surface area (Å²) in [6.45, 7) is 5.20. The van der Waals surface area contributed by atoms with Crippen LogP contribution in [0.4, 0.5) is 0 Å². The predicted octanol–water partition coefficient (Wildman–Crippen LogP) is 2.32. The zero-order valence-electron chi connectivity index (χ0n) is 9.46. The third kappa shape index (κ3) is 3.07. The van der Waals surface area contributed by atoms with Gasteiger partial charge in [0.1, 0.15) is 0 Å². The Kier molecular flexibility index (Phi) is 4.86. The third-order valence-corrected chi connectivity index (χ3v) is 2.40. The Morgan fingerprint density at radius 2 is 2.33 bits per heavy atom. The Morgan fingerprint density at radius 3 is 2.93 bits per heavy atom. The summed E-state index contributed by atoms with van der Waals surface area (Å²) in [5.41, 5.74) is 2.41. The summed E-state index contributed by atoms with van der Waals surface area (Å²) in [4.78, 5) is 4.12. The molecule has 1 N–H and O–H groups in total. The SMILES string of the molecule is C#CC(NCCC)c1ccncc1CC. The molecular weight excluding hydrogens is 184 g/mol. The molecule has 80 valence electrons. The first-order valence-electron chi connectivity index (χ1n) is 5.45. The molecule has 0 aliphatic heterocycles. The van der Waals surface area contributed by atoms with E-state index in [2.05, 4.69) is 30.1 Å². The topological polar surface area (TPSA) is 24.9 Å². The molecule has 1 rings (SSSR count). The van der Waals surface area contributed by atoms with Gasteiger partial charge in [0.2, 0.25) is 0 Å². The van der Waals surface area contributed by atoms with E-state index in [4.69, 9.17) is 6.42 Å². The summed E-state index contributed by atoms with van der Waals surface area (Å²) in [6, 6.07) is 2.02. The van der Waals surface area contributed by atoms with Crippen molar-refractivity contribution in [2.24, 2.45) is 0 Å². The monoisotopic (exact) mass is 202 g/mol. The maximum atomic E-state index is 5.54. The second-order valence-corrected chi connectivity index (χ2v) is 3.48. The quantitative estimate of drug-likeness (QED) is 0.741. The summed E-state index contributed by atoms with van der Waals surface area (Å²) < 4.78 is 0. The number of nitrogens with one attached hydrogen (secondary N) is 1. The number of aryl methyl sites for hydroxylation is 1. The van der Waals surface area contributed by atoms with Crippen LogP contribution in [0.15, 0.2) is 18.5 Å². The van der Waals surface area contributed by atoms with Crippen molar-refractivity contribution in [1.82, 2.24) is 10.3 Å². The molecule has 0 aromatic carbocycles. The number of hydrogen-bond donors (Lipinski definition) is 1. The van der Waals surface area contributed by atoms with Gasteiger partial charge in [-0.15, -0.1) is 6.42 Å². The molecule has 15 heavy (non-hydrogen) atoms. The van der Waals surface area contributed by atoms with Crippen LogP contribution in [-0.2, 0) is 6.42 Å². The average Bonchev–Trinajstić information content (AvgIpc) is 2.30. The van der Waals surface area contributed by atoms with Gasteiger partial charge in [0.15, 0.2) is 0 Å². The highest BCUT2D eigenvalue weighted by Crippen LogP contribution is 2.16. The fourth-order valence-corrected chi connectivity index (χ4v) is 1.56. The average molecular weight is 202 g/mol. The lowest BCUT2D eigenvalue weighted by Crippen LogP contribution is -2.21. The van der Waals surface area contributed by atoms with Crippen molar-refractivity contribution in [3.8, 4) is 12.3 Å². The fraction of sp³-hybridized carbons (Fsp3) is 0.462. The normalized spacial score (nSPS) is 12.1. The summed E-state index contributed by atoms with van der Waals surface area (Å²) in [7, 11) is 0. The van der Waals surface area contributed by atoms with Crippen molar-refractivity contribution in [2.75, 3.05) is 6.54 Å². The largest absolute Gasteiger partial charge is 0.300 e. The number of aromatic nitrogens is 1. The molecule has 0 fully saturated rings. The summed E-state index contributed by atoms with van der Waals surface area (Å²) in [5, 5.41) is 3.35. The van der Waals surface area contributed by atoms with E-state index in [0.717, 1.165) is 19.4 Å². The van der Waals surface area contributed by atoms with Gasteiger partial charge in [-0.2, -0.15) is 0 Å². The number of terminal acetylenes is 1. The molecule has 1 aromatic rings. The molecule has 0 spiro atoms. The Bertz CT molecular complexity index is 339. The molecule has 1 heterocycles. The van der Waals surface area contributed by atoms with Gasteiger partial charge in [0.05, 0.1) is 6.04 Å². The Hall–Kier alpha value is -1.33. The van der Waals surface area contributed by atoms with E-state index in [-0.39, 0.29) is 6.04 Å². The van der Waals surface area contributed by atoms with Gasteiger partial charge in [-0.3, -0.25) is 10.3 Å².